The lowest BCUT2D eigenvalue weighted by Gasteiger charge is -2.19. The van der Waals surface area contributed by atoms with Crippen molar-refractivity contribution in [2.75, 3.05) is 63.0 Å². The number of rotatable bonds is 31. The van der Waals surface area contributed by atoms with Gasteiger partial charge in [-0.3, -0.25) is 28.8 Å². The highest BCUT2D eigenvalue weighted by atomic mass is 16.7. The number of aromatic hydroxyl groups is 1. The van der Waals surface area contributed by atoms with Crippen LogP contribution >= 0.6 is 0 Å². The van der Waals surface area contributed by atoms with Gasteiger partial charge in [0.25, 0.3) is 23.6 Å². The summed E-state index contributed by atoms with van der Waals surface area (Å²) in [5.74, 6) is -10.8. The second-order valence-corrected chi connectivity index (χ2v) is 24.1. The second-order valence-electron chi connectivity index (χ2n) is 24.1. The topological polar surface area (TPSA) is 449 Å². The molecule has 33 heteroatoms. The minimum absolute atomic E-state index is 0.0554. The van der Waals surface area contributed by atoms with Gasteiger partial charge in [0.1, 0.15) is 11.5 Å². The number of carboxylic acids is 1. The maximum absolute atomic E-state index is 13.0. The van der Waals surface area contributed by atoms with Crippen molar-refractivity contribution >= 4 is 118 Å². The first-order chi connectivity index (χ1) is 49.3. The number of amides is 4. The molecular weight excluding hydrogens is 1380 g/mol. The maximum atomic E-state index is 13.0. The van der Waals surface area contributed by atoms with Gasteiger partial charge in [-0.1, -0.05) is 27.7 Å². The van der Waals surface area contributed by atoms with E-state index in [9.17, 15) is 72.2 Å². The average Bonchev–Trinajstić information content (AvgIpc) is 1.64. The maximum Gasteiger partial charge on any atom is 0.352 e. The summed E-state index contributed by atoms with van der Waals surface area (Å²) in [5, 5.41) is 29.9. The van der Waals surface area contributed by atoms with E-state index >= 15 is 0 Å². The number of nitrogens with zero attached hydrogens (tertiary/aromatic N) is 2. The lowest BCUT2D eigenvalue weighted by Crippen LogP contribution is -2.37. The predicted molar refractivity (Wildman–Crippen MR) is 377 cm³/mol. The van der Waals surface area contributed by atoms with Crippen molar-refractivity contribution in [3.8, 4) is 11.5 Å². The van der Waals surface area contributed by atoms with Crippen LogP contribution in [-0.4, -0.2) is 214 Å². The van der Waals surface area contributed by atoms with Gasteiger partial charge in [0.15, 0.2) is 48.8 Å². The summed E-state index contributed by atoms with van der Waals surface area (Å²) in [6, 6.07) is 9.25. The fourth-order valence-electron chi connectivity index (χ4n) is 10.1. The van der Waals surface area contributed by atoms with Crippen molar-refractivity contribution in [2.45, 2.75) is 173 Å². The Kier molecular flexibility index (Phi) is 32.8. The summed E-state index contributed by atoms with van der Waals surface area (Å²) in [5.41, 5.74) is 8.14. The molecule has 105 heavy (non-hydrogen) atoms. The highest BCUT2D eigenvalue weighted by Crippen LogP contribution is 2.38. The Labute approximate surface area is 606 Å². The van der Waals surface area contributed by atoms with Gasteiger partial charge >= 0.3 is 59.7 Å². The minimum Gasteiger partial charge on any atom is -0.508 e. The molecule has 0 saturated carbocycles. The van der Waals surface area contributed by atoms with Gasteiger partial charge in [0.05, 0.1) is 22.3 Å². The van der Waals surface area contributed by atoms with Crippen molar-refractivity contribution < 1.29 is 120 Å². The quantitative estimate of drug-likeness (QED) is 0.0100. The number of carbonyl (C=O) groups excluding carboxylic acids is 13. The number of fused-ring (bicyclic) bond motifs is 2. The number of aryl methyl sites for hydroxylation is 2. The molecule has 4 heterocycles. The first-order valence-corrected chi connectivity index (χ1v) is 33.7. The molecule has 0 bridgehead atoms. The molecule has 6 rings (SSSR count). The Morgan fingerprint density at radius 3 is 1.10 bits per heavy atom. The van der Waals surface area contributed by atoms with E-state index in [-0.39, 0.29) is 34.8 Å². The summed E-state index contributed by atoms with van der Waals surface area (Å²) in [6.07, 6.45) is -7.66. The summed E-state index contributed by atoms with van der Waals surface area (Å²) < 4.78 is 43.7. The Morgan fingerprint density at radius 1 is 0.457 bits per heavy atom. The van der Waals surface area contributed by atoms with Crippen molar-refractivity contribution in [3.63, 3.8) is 0 Å². The Balaban J connectivity index is 0.000000370. The van der Waals surface area contributed by atoms with E-state index in [0.29, 0.717) is 74.9 Å². The van der Waals surface area contributed by atoms with E-state index < -0.39 is 114 Å². The number of carboxylic acid groups (broad SMARTS) is 1. The smallest absolute Gasteiger partial charge is 0.352 e. The summed E-state index contributed by atoms with van der Waals surface area (Å²) in [7, 11) is 0. The number of H-pyrrole nitrogens is 2. The molecule has 0 spiro atoms. The number of carbonyl (C=O) groups is 14. The lowest BCUT2D eigenvalue weighted by molar-refractivity contribution is -0.184. The van der Waals surface area contributed by atoms with Gasteiger partial charge in [-0.15, -0.1) is 0 Å². The number of aromatic amines is 2. The van der Waals surface area contributed by atoms with Crippen LogP contribution in [0.3, 0.4) is 0 Å². The van der Waals surface area contributed by atoms with Gasteiger partial charge < -0.3 is 93.9 Å². The number of ether oxygens (including phenoxy) is 9. The molecule has 2 aliphatic heterocycles. The molecule has 0 saturated heterocycles. The highest BCUT2D eigenvalue weighted by molar-refractivity contribution is 6.36. The van der Waals surface area contributed by atoms with Crippen LogP contribution in [0.15, 0.2) is 36.4 Å². The zero-order valence-electron chi connectivity index (χ0n) is 62.1. The van der Waals surface area contributed by atoms with Crippen LogP contribution in [0.2, 0.25) is 0 Å². The third-order valence-corrected chi connectivity index (χ3v) is 16.1. The fourth-order valence-corrected chi connectivity index (χ4v) is 10.1. The second kappa shape index (κ2) is 40.0. The number of phenols is 1. The third kappa shape index (κ3) is 25.0. The van der Waals surface area contributed by atoms with E-state index in [2.05, 4.69) is 78.2 Å². The molecule has 4 aromatic rings. The number of likely N-dealkylation sites (N-methyl/N-ethyl adjacent to an activating group) is 2. The molecule has 0 aliphatic carbocycles. The van der Waals surface area contributed by atoms with Crippen LogP contribution in [-0.2, 0) is 95.4 Å². The fraction of sp³-hybridized carbons (Fsp3) is 0.472. The van der Waals surface area contributed by atoms with E-state index in [4.69, 9.17) is 38.3 Å². The number of aliphatic carboxylic acids is 1. The first-order valence-electron chi connectivity index (χ1n) is 33.7. The SMILES string of the molecule is CC(=O)O[C@@H](C)C(=O)O[C@H](C)C(=O)O[C@H](C)C(=O)O[C@H](C)C(=O)O.CCN(CC)CCNC(=O)c1c(C)[nH]c(/C=C2\C(=O)Nc3ccc(O)cc32)c1C.CCN(CC)CCNC(=O)c1c(C)[nH]c(/C=C2\C(=O)Nc3ccc(OC(=O)[C@H](C)OC(=O)[C@H](C)OC(=O)[C@H](C)OC(=O)[C@H](C)OC(C)=O)cc32)c1C. The van der Waals surface area contributed by atoms with Gasteiger partial charge in [-0.05, 0) is 169 Å². The van der Waals surface area contributed by atoms with E-state index in [1.165, 1.54) is 66.7 Å². The standard InChI is InChI=1S/C36H46N4O12.C22H28N4O3.C14H20O10/c1-10-40(11-2)15-14-37-32(43)30-18(3)29(38-19(30)4)17-27-26-16-25(12-13-28(26)39-31(27)42)52-36(47)23(8)51-35(46)22(7)50-34(45)21(6)49-33(44)20(5)48-24(9)41;1-5-26(6-2)10-9-23-22(29)20-13(3)19(24-14(20)4)12-17-16-11-15(27)7-8-18(16)25-21(17)28;1-6(11(16)17)22-13(19)8(3)24-14(20)9(4)23-12(18)7(2)21-10(5)15/h12-13,16-17,20-23,38H,10-11,14-15H2,1-9H3,(H,37,43)(H,39,42);7-8,11-12,24,27H,5-6,9-10H2,1-4H3,(H,23,29)(H,25,28);6-9H,1-5H3,(H,16,17)/b27-17-;17-12-;/t20-,21-,22-,23-;;6-,7+,8-,9-/m0.1/s1. The molecule has 2 aromatic carbocycles. The van der Waals surface area contributed by atoms with E-state index in [1.807, 2.05) is 13.8 Å². The van der Waals surface area contributed by atoms with Crippen LogP contribution in [0.1, 0.15) is 163 Å². The Morgan fingerprint density at radius 2 is 0.771 bits per heavy atom. The normalized spacial score (nSPS) is 14.9. The first kappa shape index (κ1) is 86.2. The van der Waals surface area contributed by atoms with Crippen molar-refractivity contribution in [1.82, 2.24) is 30.4 Å². The monoisotopic (exact) mass is 1470 g/mol. The number of phenolic OH excluding ortho intramolecular Hbond substituents is 1. The number of anilines is 2. The third-order valence-electron chi connectivity index (χ3n) is 16.1. The number of hydrogen-bond acceptors (Lipinski definition) is 26. The zero-order valence-corrected chi connectivity index (χ0v) is 62.1. The average molecular weight is 1470 g/mol. The Hall–Kier alpha value is -11.2. The van der Waals surface area contributed by atoms with Crippen LogP contribution < -0.4 is 26.0 Å². The lowest BCUT2D eigenvalue weighted by atomic mass is 10.0. The van der Waals surface area contributed by atoms with E-state index in [1.54, 1.807) is 44.2 Å². The van der Waals surface area contributed by atoms with Crippen molar-refractivity contribution in [3.05, 3.63) is 92.6 Å². The van der Waals surface area contributed by atoms with Gasteiger partial charge in [-0.2, -0.15) is 0 Å². The number of aromatic nitrogens is 2. The minimum atomic E-state index is -1.49. The van der Waals surface area contributed by atoms with Crippen molar-refractivity contribution in [2.24, 2.45) is 0 Å². The molecule has 0 fully saturated rings. The van der Waals surface area contributed by atoms with Crippen LogP contribution in [0, 0.1) is 27.7 Å². The van der Waals surface area contributed by atoms with Crippen LogP contribution in [0.5, 0.6) is 11.5 Å². The molecule has 0 unspecified atom stereocenters. The van der Waals surface area contributed by atoms with E-state index in [0.717, 1.165) is 71.3 Å². The molecule has 572 valence electrons. The summed E-state index contributed by atoms with van der Waals surface area (Å²) in [4.78, 5) is 179. The summed E-state index contributed by atoms with van der Waals surface area (Å²) >= 11 is 0. The highest BCUT2D eigenvalue weighted by Gasteiger charge is 2.34. The molecular formula is C72H94N8O25. The molecule has 4 amide bonds. The molecule has 0 radical (unpaired) electrons. The molecule has 8 N–H and O–H groups in total. The number of hydrogen-bond donors (Lipinski definition) is 8. The largest absolute Gasteiger partial charge is 0.508 e. The molecule has 2 aliphatic rings. The molecule has 2 aromatic heterocycles. The molecule has 33 nitrogen and oxygen atoms in total. The van der Waals surface area contributed by atoms with Crippen molar-refractivity contribution in [1.29, 1.82) is 0 Å². The van der Waals surface area contributed by atoms with Gasteiger partial charge in [0.2, 0.25) is 0 Å². The van der Waals surface area contributed by atoms with Crippen LogP contribution in [0.4, 0.5) is 11.4 Å². The predicted octanol–water partition coefficient (Wildman–Crippen LogP) is 5.57. The number of esters is 9. The molecule has 8 atom stereocenters. The van der Waals surface area contributed by atoms with Crippen LogP contribution in [0.25, 0.3) is 23.3 Å². The Bertz CT molecular complexity index is 3970. The zero-order chi connectivity index (χ0) is 79.0. The number of nitrogens with one attached hydrogen (secondary N) is 6. The number of benzene rings is 2. The van der Waals surface area contributed by atoms with Gasteiger partial charge in [-0.25, -0.2) is 38.4 Å². The van der Waals surface area contributed by atoms with Gasteiger partial charge in [0, 0.05) is 85.3 Å². The summed E-state index contributed by atoms with van der Waals surface area (Å²) in [6.45, 7) is 33.7.